The molecule has 0 unspecified atom stereocenters. The zero-order valence-corrected chi connectivity index (χ0v) is 14.3. The molecule has 0 radical (unpaired) electrons. The highest BCUT2D eigenvalue weighted by atomic mass is 79.9. The van der Waals surface area contributed by atoms with Crippen LogP contribution in [0.1, 0.15) is 5.56 Å². The molecule has 1 aromatic carbocycles. The zero-order valence-electron chi connectivity index (χ0n) is 12.8. The van der Waals surface area contributed by atoms with E-state index >= 15 is 0 Å². The minimum Gasteiger partial charge on any atom is -0.339 e. The van der Waals surface area contributed by atoms with E-state index in [1.54, 1.807) is 6.20 Å². The maximum Gasteiger partial charge on any atom is 0.247 e. The molecule has 0 amide bonds. The fraction of sp³-hybridized carbons (Fsp3) is 0.400. The summed E-state index contributed by atoms with van der Waals surface area (Å²) in [6.45, 7) is 5.96. The van der Waals surface area contributed by atoms with Gasteiger partial charge in [-0.1, -0.05) is 15.9 Å². The van der Waals surface area contributed by atoms with E-state index in [4.69, 9.17) is 0 Å². The zero-order chi connectivity index (χ0) is 15.5. The summed E-state index contributed by atoms with van der Waals surface area (Å²) < 4.78 is 1.06. The SMILES string of the molecule is Cc1cc(Br)ccc1Nc1cnnc(N2CCN(C)CC2)n1. The predicted molar refractivity (Wildman–Crippen MR) is 91.7 cm³/mol. The van der Waals surface area contributed by atoms with Crippen molar-refractivity contribution < 1.29 is 0 Å². The van der Waals surface area contributed by atoms with Crippen molar-refractivity contribution >= 4 is 33.4 Å². The lowest BCUT2D eigenvalue weighted by molar-refractivity contribution is 0.311. The molecule has 0 saturated carbocycles. The fourth-order valence-corrected chi connectivity index (χ4v) is 2.88. The van der Waals surface area contributed by atoms with Gasteiger partial charge in [0.25, 0.3) is 0 Å². The van der Waals surface area contributed by atoms with Gasteiger partial charge in [-0.25, -0.2) is 0 Å². The summed E-state index contributed by atoms with van der Waals surface area (Å²) in [4.78, 5) is 9.07. The lowest BCUT2D eigenvalue weighted by atomic mass is 10.2. The largest absolute Gasteiger partial charge is 0.339 e. The van der Waals surface area contributed by atoms with Gasteiger partial charge in [-0.3, -0.25) is 0 Å². The number of hydrogen-bond acceptors (Lipinski definition) is 6. The van der Waals surface area contributed by atoms with E-state index in [0.29, 0.717) is 11.8 Å². The first-order valence-electron chi connectivity index (χ1n) is 7.28. The van der Waals surface area contributed by atoms with Crippen LogP contribution in [0, 0.1) is 6.92 Å². The second-order valence-electron chi connectivity index (χ2n) is 5.52. The Morgan fingerprint density at radius 3 is 2.68 bits per heavy atom. The molecule has 2 heterocycles. The molecule has 116 valence electrons. The van der Waals surface area contributed by atoms with Gasteiger partial charge in [-0.05, 0) is 37.7 Å². The normalized spacial score (nSPS) is 15.9. The maximum atomic E-state index is 4.59. The highest BCUT2D eigenvalue weighted by Gasteiger charge is 2.17. The Kier molecular flexibility index (Phi) is 4.54. The summed E-state index contributed by atoms with van der Waals surface area (Å²) in [5, 5.41) is 11.6. The van der Waals surface area contributed by atoms with Crippen molar-refractivity contribution in [1.82, 2.24) is 20.1 Å². The molecular formula is C15H19BrN6. The van der Waals surface area contributed by atoms with E-state index in [-0.39, 0.29) is 0 Å². The van der Waals surface area contributed by atoms with Gasteiger partial charge in [0.2, 0.25) is 5.95 Å². The lowest BCUT2D eigenvalue weighted by Crippen LogP contribution is -2.45. The monoisotopic (exact) mass is 362 g/mol. The van der Waals surface area contributed by atoms with Crippen molar-refractivity contribution in [3.63, 3.8) is 0 Å². The molecule has 22 heavy (non-hydrogen) atoms. The van der Waals surface area contributed by atoms with Crippen LogP contribution in [0.4, 0.5) is 17.5 Å². The molecular weight excluding hydrogens is 344 g/mol. The Labute approximate surface area is 138 Å². The van der Waals surface area contributed by atoms with Gasteiger partial charge in [0.15, 0.2) is 5.82 Å². The molecule has 1 aromatic heterocycles. The second-order valence-corrected chi connectivity index (χ2v) is 6.43. The van der Waals surface area contributed by atoms with Gasteiger partial charge in [0.1, 0.15) is 0 Å². The Hall–Kier alpha value is -1.73. The number of nitrogens with one attached hydrogen (secondary N) is 1. The van der Waals surface area contributed by atoms with Gasteiger partial charge >= 0.3 is 0 Å². The van der Waals surface area contributed by atoms with Crippen molar-refractivity contribution in [2.24, 2.45) is 0 Å². The molecule has 1 saturated heterocycles. The molecule has 0 atom stereocenters. The highest BCUT2D eigenvalue weighted by Crippen LogP contribution is 2.23. The van der Waals surface area contributed by atoms with Crippen LogP contribution >= 0.6 is 15.9 Å². The van der Waals surface area contributed by atoms with E-state index < -0.39 is 0 Å². The number of anilines is 3. The van der Waals surface area contributed by atoms with E-state index in [9.17, 15) is 0 Å². The number of benzene rings is 1. The third-order valence-electron chi connectivity index (χ3n) is 3.78. The molecule has 0 aliphatic carbocycles. The average molecular weight is 363 g/mol. The van der Waals surface area contributed by atoms with Gasteiger partial charge in [-0.15, -0.1) is 5.10 Å². The van der Waals surface area contributed by atoms with Crippen LogP contribution in [-0.2, 0) is 0 Å². The minimum absolute atomic E-state index is 0.688. The molecule has 1 fully saturated rings. The number of hydrogen-bond donors (Lipinski definition) is 1. The maximum absolute atomic E-state index is 4.59. The van der Waals surface area contributed by atoms with Crippen molar-refractivity contribution in [3.8, 4) is 0 Å². The quantitative estimate of drug-likeness (QED) is 0.904. The molecule has 6 nitrogen and oxygen atoms in total. The topological polar surface area (TPSA) is 57.2 Å². The van der Waals surface area contributed by atoms with Crippen LogP contribution in [0.2, 0.25) is 0 Å². The third kappa shape index (κ3) is 3.53. The number of rotatable bonds is 3. The summed E-state index contributed by atoms with van der Waals surface area (Å²) >= 11 is 3.47. The Morgan fingerprint density at radius 2 is 1.95 bits per heavy atom. The molecule has 3 rings (SSSR count). The smallest absolute Gasteiger partial charge is 0.247 e. The second kappa shape index (κ2) is 6.58. The number of halogens is 1. The van der Waals surface area contributed by atoms with E-state index in [1.807, 2.05) is 12.1 Å². The van der Waals surface area contributed by atoms with E-state index in [2.05, 4.69) is 66.3 Å². The molecule has 7 heteroatoms. The first kappa shape index (κ1) is 15.2. The number of piperazine rings is 1. The van der Waals surface area contributed by atoms with Crippen molar-refractivity contribution in [3.05, 3.63) is 34.4 Å². The number of aromatic nitrogens is 3. The van der Waals surface area contributed by atoms with Crippen LogP contribution in [-0.4, -0.2) is 53.3 Å². The number of likely N-dealkylation sites (N-methyl/N-ethyl adjacent to an activating group) is 1. The van der Waals surface area contributed by atoms with Gasteiger partial charge in [-0.2, -0.15) is 10.1 Å². The molecule has 2 aromatic rings. The van der Waals surface area contributed by atoms with Crippen LogP contribution in [0.15, 0.2) is 28.9 Å². The van der Waals surface area contributed by atoms with E-state index in [0.717, 1.165) is 41.9 Å². The summed E-state index contributed by atoms with van der Waals surface area (Å²) in [7, 11) is 2.13. The first-order valence-corrected chi connectivity index (χ1v) is 8.07. The van der Waals surface area contributed by atoms with Crippen molar-refractivity contribution in [1.29, 1.82) is 0 Å². The summed E-state index contributed by atoms with van der Waals surface area (Å²) in [6, 6.07) is 6.10. The van der Waals surface area contributed by atoms with Crippen molar-refractivity contribution in [2.75, 3.05) is 43.4 Å². The number of aryl methyl sites for hydroxylation is 1. The third-order valence-corrected chi connectivity index (χ3v) is 4.28. The minimum atomic E-state index is 0.688. The predicted octanol–water partition coefficient (Wildman–Crippen LogP) is 2.44. The fourth-order valence-electron chi connectivity index (χ4n) is 2.40. The van der Waals surface area contributed by atoms with Gasteiger partial charge < -0.3 is 15.1 Å². The summed E-state index contributed by atoms with van der Waals surface area (Å²) in [5.74, 6) is 1.40. The van der Waals surface area contributed by atoms with Crippen LogP contribution in [0.3, 0.4) is 0 Å². The Morgan fingerprint density at radius 1 is 1.18 bits per heavy atom. The number of nitrogens with zero attached hydrogens (tertiary/aromatic N) is 5. The highest BCUT2D eigenvalue weighted by molar-refractivity contribution is 9.10. The molecule has 0 spiro atoms. The molecule has 1 aliphatic rings. The Bertz CT molecular complexity index is 654. The lowest BCUT2D eigenvalue weighted by Gasteiger charge is -2.32. The Balaban J connectivity index is 1.76. The first-order chi connectivity index (χ1) is 10.6. The summed E-state index contributed by atoms with van der Waals surface area (Å²) in [6.07, 6.45) is 1.65. The van der Waals surface area contributed by atoms with Crippen LogP contribution in [0.5, 0.6) is 0 Å². The van der Waals surface area contributed by atoms with Crippen LogP contribution in [0.25, 0.3) is 0 Å². The standard InChI is InChI=1S/C15H19BrN6/c1-11-9-12(16)3-4-13(11)18-14-10-17-20-15(19-14)22-7-5-21(2)6-8-22/h3-4,9-10H,5-8H2,1-2H3,(H,18,19,20). The summed E-state index contributed by atoms with van der Waals surface area (Å²) in [5.41, 5.74) is 2.17. The van der Waals surface area contributed by atoms with Crippen molar-refractivity contribution in [2.45, 2.75) is 6.92 Å². The molecule has 0 bridgehead atoms. The van der Waals surface area contributed by atoms with Gasteiger partial charge in [0.05, 0.1) is 6.20 Å². The van der Waals surface area contributed by atoms with E-state index in [1.165, 1.54) is 0 Å². The average Bonchev–Trinajstić information content (AvgIpc) is 2.51. The molecule has 1 aliphatic heterocycles. The van der Waals surface area contributed by atoms with Crippen LogP contribution < -0.4 is 10.2 Å². The molecule has 1 N–H and O–H groups in total. The van der Waals surface area contributed by atoms with Gasteiger partial charge in [0, 0.05) is 36.3 Å².